The van der Waals surface area contributed by atoms with E-state index in [4.69, 9.17) is 5.11 Å². The maximum absolute atomic E-state index is 12.3. The molecular formula is C9H13F3N2O3S. The Labute approximate surface area is 102 Å². The van der Waals surface area contributed by atoms with Gasteiger partial charge in [0.2, 0.25) is 10.0 Å². The first-order valence-electron chi connectivity index (χ1n) is 5.05. The topological polar surface area (TPSA) is 73.4 Å². The van der Waals surface area contributed by atoms with Crippen molar-refractivity contribution in [1.29, 1.82) is 0 Å². The standard InChI is InChI=1S/C9H13F3N2O3S/c1-2-14(6-9(10,11)12)18(16,17)8-3-7(5-15)13-4-8/h3-4,13,15H,2,5-6H2,1H3. The van der Waals surface area contributed by atoms with Gasteiger partial charge in [0.05, 0.1) is 11.5 Å². The molecule has 0 saturated heterocycles. The molecule has 1 rings (SSSR count). The van der Waals surface area contributed by atoms with Crippen LogP contribution in [0.2, 0.25) is 0 Å². The van der Waals surface area contributed by atoms with Gasteiger partial charge >= 0.3 is 6.18 Å². The number of aliphatic hydroxyl groups is 1. The lowest BCUT2D eigenvalue weighted by Crippen LogP contribution is -2.38. The molecule has 0 atom stereocenters. The predicted octanol–water partition coefficient (Wildman–Crippen LogP) is 1.08. The van der Waals surface area contributed by atoms with E-state index in [1.165, 1.54) is 6.92 Å². The Morgan fingerprint density at radius 2 is 2.06 bits per heavy atom. The molecule has 1 aromatic rings. The summed E-state index contributed by atoms with van der Waals surface area (Å²) in [6.07, 6.45) is -3.54. The van der Waals surface area contributed by atoms with E-state index in [2.05, 4.69) is 4.98 Å². The van der Waals surface area contributed by atoms with Crippen LogP contribution in [-0.4, -0.2) is 42.1 Å². The third-order valence-electron chi connectivity index (χ3n) is 2.23. The van der Waals surface area contributed by atoms with Gasteiger partial charge in [0.25, 0.3) is 0 Å². The molecule has 0 unspecified atom stereocenters. The van der Waals surface area contributed by atoms with Gasteiger partial charge in [0, 0.05) is 18.4 Å². The molecule has 0 radical (unpaired) electrons. The summed E-state index contributed by atoms with van der Waals surface area (Å²) in [5, 5.41) is 8.78. The monoisotopic (exact) mass is 286 g/mol. The molecule has 0 aliphatic rings. The van der Waals surface area contributed by atoms with Crippen molar-refractivity contribution in [2.24, 2.45) is 0 Å². The number of sulfonamides is 1. The van der Waals surface area contributed by atoms with Crippen LogP contribution in [0.3, 0.4) is 0 Å². The second kappa shape index (κ2) is 5.29. The predicted molar refractivity (Wildman–Crippen MR) is 57.2 cm³/mol. The highest BCUT2D eigenvalue weighted by Gasteiger charge is 2.36. The maximum Gasteiger partial charge on any atom is 0.402 e. The van der Waals surface area contributed by atoms with E-state index in [-0.39, 0.29) is 17.1 Å². The summed E-state index contributed by atoms with van der Waals surface area (Å²) in [7, 11) is -4.20. The Bertz CT molecular complexity index is 495. The summed E-state index contributed by atoms with van der Waals surface area (Å²) in [6, 6.07) is 1.11. The van der Waals surface area contributed by atoms with E-state index in [0.717, 1.165) is 12.3 Å². The van der Waals surface area contributed by atoms with E-state index < -0.39 is 29.4 Å². The van der Waals surface area contributed by atoms with Gasteiger partial charge in [-0.05, 0) is 6.07 Å². The fraction of sp³-hybridized carbons (Fsp3) is 0.556. The van der Waals surface area contributed by atoms with E-state index in [0.29, 0.717) is 4.31 Å². The zero-order valence-corrected chi connectivity index (χ0v) is 10.3. The molecule has 0 saturated carbocycles. The number of hydrogen-bond acceptors (Lipinski definition) is 3. The zero-order valence-electron chi connectivity index (χ0n) is 9.53. The minimum atomic E-state index is -4.60. The number of nitrogens with zero attached hydrogens (tertiary/aromatic N) is 1. The second-order valence-corrected chi connectivity index (χ2v) is 5.50. The van der Waals surface area contributed by atoms with Crippen LogP contribution in [0.4, 0.5) is 13.2 Å². The van der Waals surface area contributed by atoms with Gasteiger partial charge in [-0.3, -0.25) is 0 Å². The first-order chi connectivity index (χ1) is 8.20. The Kier molecular flexibility index (Phi) is 4.41. The van der Waals surface area contributed by atoms with Crippen molar-refractivity contribution in [3.05, 3.63) is 18.0 Å². The van der Waals surface area contributed by atoms with Crippen LogP contribution in [-0.2, 0) is 16.6 Å². The number of halogens is 3. The molecule has 0 spiro atoms. The average molecular weight is 286 g/mol. The summed E-state index contributed by atoms with van der Waals surface area (Å²) < 4.78 is 60.9. The lowest BCUT2D eigenvalue weighted by Gasteiger charge is -2.20. The zero-order chi connectivity index (χ0) is 14.0. The Morgan fingerprint density at radius 3 is 2.44 bits per heavy atom. The normalized spacial score (nSPS) is 13.2. The van der Waals surface area contributed by atoms with Crippen LogP contribution < -0.4 is 0 Å². The SMILES string of the molecule is CCN(CC(F)(F)F)S(=O)(=O)c1c[nH]c(CO)c1. The van der Waals surface area contributed by atoms with Gasteiger partial charge in [-0.15, -0.1) is 0 Å². The number of rotatable bonds is 5. The third kappa shape index (κ3) is 3.47. The largest absolute Gasteiger partial charge is 0.402 e. The van der Waals surface area contributed by atoms with E-state index in [1.54, 1.807) is 0 Å². The summed E-state index contributed by atoms with van der Waals surface area (Å²) in [5.74, 6) is 0. The molecule has 9 heteroatoms. The molecular weight excluding hydrogens is 273 g/mol. The second-order valence-electron chi connectivity index (χ2n) is 3.57. The molecule has 1 aromatic heterocycles. The highest BCUT2D eigenvalue weighted by molar-refractivity contribution is 7.89. The van der Waals surface area contributed by atoms with Crippen molar-refractivity contribution in [1.82, 2.24) is 9.29 Å². The summed E-state index contributed by atoms with van der Waals surface area (Å²) in [6.45, 7) is -0.920. The third-order valence-corrected chi connectivity index (χ3v) is 4.13. The van der Waals surface area contributed by atoms with Gasteiger partial charge in [0.15, 0.2) is 0 Å². The van der Waals surface area contributed by atoms with Crippen molar-refractivity contribution >= 4 is 10.0 Å². The molecule has 0 aliphatic heterocycles. The molecule has 1 heterocycles. The molecule has 104 valence electrons. The molecule has 0 fully saturated rings. The van der Waals surface area contributed by atoms with Crippen LogP contribution >= 0.6 is 0 Å². The van der Waals surface area contributed by atoms with E-state index in [9.17, 15) is 21.6 Å². The molecule has 5 nitrogen and oxygen atoms in total. The number of hydrogen-bond donors (Lipinski definition) is 2. The summed E-state index contributed by atoms with van der Waals surface area (Å²) in [5.41, 5.74) is 0.219. The quantitative estimate of drug-likeness (QED) is 0.850. The number of aromatic nitrogens is 1. The summed E-state index contributed by atoms with van der Waals surface area (Å²) in [4.78, 5) is 2.17. The van der Waals surface area contributed by atoms with Crippen molar-refractivity contribution in [3.8, 4) is 0 Å². The van der Waals surface area contributed by atoms with Crippen LogP contribution in [0.1, 0.15) is 12.6 Å². The molecule has 2 N–H and O–H groups in total. The number of H-pyrrole nitrogens is 1. The Morgan fingerprint density at radius 1 is 1.44 bits per heavy atom. The lowest BCUT2D eigenvalue weighted by atomic mass is 10.5. The Hall–Kier alpha value is -1.06. The smallest absolute Gasteiger partial charge is 0.390 e. The van der Waals surface area contributed by atoms with Gasteiger partial charge in [0.1, 0.15) is 6.54 Å². The fourth-order valence-electron chi connectivity index (χ4n) is 1.37. The minimum absolute atomic E-state index is 0.219. The number of alkyl halides is 3. The maximum atomic E-state index is 12.3. The van der Waals surface area contributed by atoms with Crippen molar-refractivity contribution < 1.29 is 26.7 Å². The molecule has 18 heavy (non-hydrogen) atoms. The van der Waals surface area contributed by atoms with Gasteiger partial charge in [-0.2, -0.15) is 17.5 Å². The number of aliphatic hydroxyl groups excluding tert-OH is 1. The fourth-order valence-corrected chi connectivity index (χ4v) is 2.83. The average Bonchev–Trinajstić information content (AvgIpc) is 2.73. The van der Waals surface area contributed by atoms with Gasteiger partial charge in [-0.1, -0.05) is 6.92 Å². The minimum Gasteiger partial charge on any atom is -0.390 e. The lowest BCUT2D eigenvalue weighted by molar-refractivity contribution is -0.135. The molecule has 0 bridgehead atoms. The van der Waals surface area contributed by atoms with E-state index in [1.807, 2.05) is 0 Å². The van der Waals surface area contributed by atoms with Crippen molar-refractivity contribution in [2.75, 3.05) is 13.1 Å². The highest BCUT2D eigenvalue weighted by Crippen LogP contribution is 2.22. The highest BCUT2D eigenvalue weighted by atomic mass is 32.2. The van der Waals surface area contributed by atoms with Crippen LogP contribution in [0.25, 0.3) is 0 Å². The van der Waals surface area contributed by atoms with E-state index >= 15 is 0 Å². The first-order valence-corrected chi connectivity index (χ1v) is 6.49. The van der Waals surface area contributed by atoms with Crippen molar-refractivity contribution in [2.45, 2.75) is 24.6 Å². The van der Waals surface area contributed by atoms with Gasteiger partial charge in [-0.25, -0.2) is 8.42 Å². The number of aromatic amines is 1. The van der Waals surface area contributed by atoms with Crippen LogP contribution in [0, 0.1) is 0 Å². The molecule has 0 amide bonds. The first kappa shape index (κ1) is 15.0. The summed E-state index contributed by atoms with van der Waals surface area (Å²) >= 11 is 0. The van der Waals surface area contributed by atoms with Crippen molar-refractivity contribution in [3.63, 3.8) is 0 Å². The Balaban J connectivity index is 3.03. The van der Waals surface area contributed by atoms with Gasteiger partial charge < -0.3 is 10.1 Å². The van der Waals surface area contributed by atoms with Crippen LogP contribution in [0.5, 0.6) is 0 Å². The molecule has 0 aromatic carbocycles. The van der Waals surface area contributed by atoms with Crippen LogP contribution in [0.15, 0.2) is 17.2 Å². The molecule has 0 aliphatic carbocycles. The number of nitrogens with one attached hydrogen (secondary N) is 1.